The van der Waals surface area contributed by atoms with Crippen molar-refractivity contribution in [1.29, 1.82) is 0 Å². The molecule has 0 unspecified atom stereocenters. The van der Waals surface area contributed by atoms with Crippen LogP contribution in [0.4, 0.5) is 0 Å². The number of carbonyl (C=O) groups is 1. The van der Waals surface area contributed by atoms with Crippen molar-refractivity contribution in [3.05, 3.63) is 29.6 Å². The second kappa shape index (κ2) is 3.75. The van der Waals surface area contributed by atoms with Crippen LogP contribution >= 0.6 is 0 Å². The fourth-order valence-electron chi connectivity index (χ4n) is 1.62. The Kier molecular flexibility index (Phi) is 2.45. The molecule has 0 saturated heterocycles. The summed E-state index contributed by atoms with van der Waals surface area (Å²) in [5.41, 5.74) is 2.15. The van der Waals surface area contributed by atoms with Gasteiger partial charge in [0, 0.05) is 24.9 Å². The van der Waals surface area contributed by atoms with Gasteiger partial charge in [-0.05, 0) is 11.6 Å². The molecule has 0 aliphatic carbocycles. The first-order valence-electron chi connectivity index (χ1n) is 4.55. The lowest BCUT2D eigenvalue weighted by Crippen LogP contribution is -2.42. The zero-order chi connectivity index (χ0) is 9.97. The van der Waals surface area contributed by atoms with Crippen molar-refractivity contribution in [3.8, 4) is 0 Å². The number of hydrogen-bond acceptors (Lipinski definition) is 4. The topological polar surface area (TPSA) is 51.2 Å². The van der Waals surface area contributed by atoms with Crippen LogP contribution in [0.3, 0.4) is 0 Å². The van der Waals surface area contributed by atoms with Crippen LogP contribution in [0.2, 0.25) is 0 Å². The molecule has 2 rings (SSSR count). The standard InChI is InChI=1S/C10H12N2O2/c1-14-10(13)9-5-8-7(6-12-9)3-2-4-11-8/h2-4,9,12H,5-6H2,1H3/t9-/m1/s1. The Morgan fingerprint density at radius 1 is 1.71 bits per heavy atom. The monoisotopic (exact) mass is 192 g/mol. The molecule has 0 radical (unpaired) electrons. The lowest BCUT2D eigenvalue weighted by Gasteiger charge is -2.22. The summed E-state index contributed by atoms with van der Waals surface area (Å²) in [5.74, 6) is -0.221. The van der Waals surface area contributed by atoms with E-state index in [1.165, 1.54) is 7.11 Å². The molecular weight excluding hydrogens is 180 g/mol. The van der Waals surface area contributed by atoms with Gasteiger partial charge in [-0.25, -0.2) is 0 Å². The Bertz CT molecular complexity index is 352. The number of hydrogen-bond donors (Lipinski definition) is 1. The van der Waals surface area contributed by atoms with Crippen molar-refractivity contribution in [2.45, 2.75) is 19.0 Å². The molecule has 1 aliphatic rings. The summed E-state index contributed by atoms with van der Waals surface area (Å²) in [4.78, 5) is 15.5. The highest BCUT2D eigenvalue weighted by molar-refractivity contribution is 5.76. The molecule has 0 spiro atoms. The minimum absolute atomic E-state index is 0.221. The third-order valence-electron chi connectivity index (χ3n) is 2.41. The first-order chi connectivity index (χ1) is 6.81. The van der Waals surface area contributed by atoms with Crippen molar-refractivity contribution in [2.24, 2.45) is 0 Å². The smallest absolute Gasteiger partial charge is 0.323 e. The fourth-order valence-corrected chi connectivity index (χ4v) is 1.62. The quantitative estimate of drug-likeness (QED) is 0.649. The second-order valence-corrected chi connectivity index (χ2v) is 3.27. The SMILES string of the molecule is COC(=O)[C@H]1Cc2ncccc2CN1. The van der Waals surface area contributed by atoms with Crippen molar-refractivity contribution in [2.75, 3.05) is 7.11 Å². The highest BCUT2D eigenvalue weighted by atomic mass is 16.5. The molecule has 0 bridgehead atoms. The van der Waals surface area contributed by atoms with Gasteiger partial charge in [-0.2, -0.15) is 0 Å². The van der Waals surface area contributed by atoms with E-state index in [9.17, 15) is 4.79 Å². The first-order valence-corrected chi connectivity index (χ1v) is 4.55. The van der Waals surface area contributed by atoms with E-state index >= 15 is 0 Å². The van der Waals surface area contributed by atoms with E-state index in [1.54, 1.807) is 6.20 Å². The molecule has 14 heavy (non-hydrogen) atoms. The molecule has 74 valence electrons. The highest BCUT2D eigenvalue weighted by Crippen LogP contribution is 2.13. The van der Waals surface area contributed by atoms with Gasteiger partial charge in [-0.3, -0.25) is 15.1 Å². The van der Waals surface area contributed by atoms with Crippen LogP contribution in [0.15, 0.2) is 18.3 Å². The molecule has 0 amide bonds. The fraction of sp³-hybridized carbons (Fsp3) is 0.400. The summed E-state index contributed by atoms with van der Waals surface area (Å²) in [5, 5.41) is 3.11. The van der Waals surface area contributed by atoms with Crippen molar-refractivity contribution < 1.29 is 9.53 Å². The van der Waals surface area contributed by atoms with Crippen molar-refractivity contribution in [1.82, 2.24) is 10.3 Å². The second-order valence-electron chi connectivity index (χ2n) is 3.27. The van der Waals surface area contributed by atoms with E-state index in [1.807, 2.05) is 12.1 Å². The predicted octanol–water partition coefficient (Wildman–Crippen LogP) is 0.269. The van der Waals surface area contributed by atoms with Gasteiger partial charge in [0.25, 0.3) is 0 Å². The van der Waals surface area contributed by atoms with Gasteiger partial charge in [0.05, 0.1) is 7.11 Å². The molecule has 0 aromatic carbocycles. The van der Waals surface area contributed by atoms with E-state index in [0.29, 0.717) is 13.0 Å². The number of aromatic nitrogens is 1. The summed E-state index contributed by atoms with van der Waals surface area (Å²) < 4.78 is 4.68. The normalized spacial score (nSPS) is 19.9. The van der Waals surface area contributed by atoms with Crippen LogP contribution in [-0.2, 0) is 22.5 Å². The molecule has 4 nitrogen and oxygen atoms in total. The number of esters is 1. The van der Waals surface area contributed by atoms with Crippen LogP contribution in [0.25, 0.3) is 0 Å². The summed E-state index contributed by atoms with van der Waals surface area (Å²) in [6.07, 6.45) is 2.36. The third kappa shape index (κ3) is 1.61. The molecule has 0 fully saturated rings. The van der Waals surface area contributed by atoms with Gasteiger partial charge in [-0.15, -0.1) is 0 Å². The van der Waals surface area contributed by atoms with E-state index in [4.69, 9.17) is 0 Å². The summed E-state index contributed by atoms with van der Waals surface area (Å²) in [7, 11) is 1.40. The number of rotatable bonds is 1. The molecule has 1 atom stereocenters. The summed E-state index contributed by atoms with van der Waals surface area (Å²) in [6.45, 7) is 0.683. The van der Waals surface area contributed by atoms with Crippen LogP contribution in [0, 0.1) is 0 Å². The molecule has 1 N–H and O–H groups in total. The Labute approximate surface area is 82.3 Å². The lowest BCUT2D eigenvalue weighted by molar-refractivity contribution is -0.143. The molecular formula is C10H12N2O2. The third-order valence-corrected chi connectivity index (χ3v) is 2.41. The number of fused-ring (bicyclic) bond motifs is 1. The molecule has 1 aromatic rings. The van der Waals surface area contributed by atoms with Gasteiger partial charge >= 0.3 is 5.97 Å². The zero-order valence-electron chi connectivity index (χ0n) is 7.99. The van der Waals surface area contributed by atoms with E-state index in [-0.39, 0.29) is 12.0 Å². The highest BCUT2D eigenvalue weighted by Gasteiger charge is 2.24. The van der Waals surface area contributed by atoms with E-state index in [2.05, 4.69) is 15.0 Å². The average molecular weight is 192 g/mol. The minimum atomic E-state index is -0.248. The summed E-state index contributed by atoms with van der Waals surface area (Å²) in [6, 6.07) is 3.67. The zero-order valence-corrected chi connectivity index (χ0v) is 7.99. The maximum absolute atomic E-state index is 11.3. The van der Waals surface area contributed by atoms with Crippen LogP contribution in [0.5, 0.6) is 0 Å². The molecule has 0 saturated carbocycles. The van der Waals surface area contributed by atoms with Gasteiger partial charge < -0.3 is 4.74 Å². The molecule has 2 heterocycles. The van der Waals surface area contributed by atoms with Crippen molar-refractivity contribution >= 4 is 5.97 Å². The van der Waals surface area contributed by atoms with Crippen LogP contribution in [0.1, 0.15) is 11.3 Å². The molecule has 1 aliphatic heterocycles. The van der Waals surface area contributed by atoms with Crippen LogP contribution < -0.4 is 5.32 Å². The largest absolute Gasteiger partial charge is 0.468 e. The van der Waals surface area contributed by atoms with Gasteiger partial charge in [0.15, 0.2) is 0 Å². The maximum atomic E-state index is 11.3. The summed E-state index contributed by atoms with van der Waals surface area (Å²) >= 11 is 0. The predicted molar refractivity (Wildman–Crippen MR) is 50.6 cm³/mol. The number of ether oxygens (including phenoxy) is 1. The number of nitrogens with one attached hydrogen (secondary N) is 1. The van der Waals surface area contributed by atoms with Crippen molar-refractivity contribution in [3.63, 3.8) is 0 Å². The van der Waals surface area contributed by atoms with E-state index in [0.717, 1.165) is 11.3 Å². The minimum Gasteiger partial charge on any atom is -0.468 e. The molecule has 1 aromatic heterocycles. The van der Waals surface area contributed by atoms with E-state index < -0.39 is 0 Å². The number of nitrogens with zero attached hydrogens (tertiary/aromatic N) is 1. The first kappa shape index (κ1) is 9.15. The average Bonchev–Trinajstić information content (AvgIpc) is 2.27. The number of pyridine rings is 1. The Hall–Kier alpha value is -1.42. The lowest BCUT2D eigenvalue weighted by atomic mass is 10.0. The number of carbonyl (C=O) groups excluding carboxylic acids is 1. The Morgan fingerprint density at radius 2 is 2.57 bits per heavy atom. The van der Waals surface area contributed by atoms with Crippen LogP contribution in [-0.4, -0.2) is 24.1 Å². The van der Waals surface area contributed by atoms with Gasteiger partial charge in [-0.1, -0.05) is 6.07 Å². The van der Waals surface area contributed by atoms with Gasteiger partial charge in [0.2, 0.25) is 0 Å². The number of methoxy groups -OCH3 is 1. The molecule has 4 heteroatoms. The maximum Gasteiger partial charge on any atom is 0.323 e. The Balaban J connectivity index is 2.17. The van der Waals surface area contributed by atoms with Gasteiger partial charge in [0.1, 0.15) is 6.04 Å². The Morgan fingerprint density at radius 3 is 3.36 bits per heavy atom.